The van der Waals surface area contributed by atoms with Crippen molar-refractivity contribution in [3.63, 3.8) is 0 Å². The molecule has 0 bridgehead atoms. The van der Waals surface area contributed by atoms with Gasteiger partial charge < -0.3 is 14.6 Å². The predicted octanol–water partition coefficient (Wildman–Crippen LogP) is 3.37. The largest absolute Gasteiger partial charge is 0.388 e. The zero-order valence-electron chi connectivity index (χ0n) is 11.1. The van der Waals surface area contributed by atoms with Crippen molar-refractivity contribution in [1.82, 2.24) is 0 Å². The normalized spacial score (nSPS) is 12.7. The van der Waals surface area contributed by atoms with Crippen molar-refractivity contribution in [3.05, 3.63) is 48.0 Å². The molecule has 0 aliphatic heterocycles. The number of hydrogen-bond donors (Lipinski definition) is 1. The lowest BCUT2D eigenvalue weighted by molar-refractivity contribution is -0.140. The van der Waals surface area contributed by atoms with Crippen LogP contribution < -0.4 is 0 Å². The summed E-state index contributed by atoms with van der Waals surface area (Å²) in [6.07, 6.45) is 1.45. The first-order chi connectivity index (χ1) is 8.72. The fraction of sp³-hybridized carbons (Fsp3) is 0.467. The van der Waals surface area contributed by atoms with Crippen LogP contribution in [0.1, 0.15) is 43.8 Å². The Kier molecular flexibility index (Phi) is 6.65. The Bertz CT molecular complexity index is 339. The van der Waals surface area contributed by atoms with Crippen LogP contribution in [0.15, 0.2) is 36.9 Å². The first-order valence-corrected chi connectivity index (χ1v) is 6.34. The number of ether oxygens (including phenoxy) is 2. The molecule has 0 amide bonds. The lowest BCUT2D eigenvalue weighted by atomic mass is 10.0. The summed E-state index contributed by atoms with van der Waals surface area (Å²) in [7, 11) is 0. The highest BCUT2D eigenvalue weighted by atomic mass is 16.7. The maximum absolute atomic E-state index is 9.82. The molecule has 100 valence electrons. The van der Waals surface area contributed by atoms with Crippen molar-refractivity contribution in [1.29, 1.82) is 0 Å². The molecule has 1 aromatic carbocycles. The van der Waals surface area contributed by atoms with E-state index in [0.29, 0.717) is 19.6 Å². The molecule has 1 rings (SSSR count). The lowest BCUT2D eigenvalue weighted by Crippen LogP contribution is -2.09. The number of aliphatic hydroxyl groups excluding tert-OH is 1. The fourth-order valence-electron chi connectivity index (χ4n) is 1.71. The van der Waals surface area contributed by atoms with Crippen molar-refractivity contribution < 1.29 is 14.6 Å². The molecule has 3 heteroatoms. The van der Waals surface area contributed by atoms with Gasteiger partial charge in [0.1, 0.15) is 0 Å². The Morgan fingerprint density at radius 3 is 2.06 bits per heavy atom. The number of rotatable bonds is 8. The Labute approximate surface area is 109 Å². The van der Waals surface area contributed by atoms with Crippen LogP contribution in [0.4, 0.5) is 0 Å². The monoisotopic (exact) mass is 250 g/mol. The SMILES string of the molecule is C=CCC(O)c1ccc(C(OCC)OCC)cc1. The molecule has 0 saturated carbocycles. The average molecular weight is 250 g/mol. The van der Waals surface area contributed by atoms with Gasteiger partial charge in [0.05, 0.1) is 6.10 Å². The van der Waals surface area contributed by atoms with Crippen molar-refractivity contribution in [2.24, 2.45) is 0 Å². The van der Waals surface area contributed by atoms with Crippen LogP contribution in [0.3, 0.4) is 0 Å². The van der Waals surface area contributed by atoms with Gasteiger partial charge in [-0.2, -0.15) is 0 Å². The van der Waals surface area contributed by atoms with Crippen molar-refractivity contribution >= 4 is 0 Å². The van der Waals surface area contributed by atoms with Gasteiger partial charge in [-0.15, -0.1) is 6.58 Å². The summed E-state index contributed by atoms with van der Waals surface area (Å²) >= 11 is 0. The molecule has 1 unspecified atom stereocenters. The van der Waals surface area contributed by atoms with E-state index in [4.69, 9.17) is 9.47 Å². The lowest BCUT2D eigenvalue weighted by Gasteiger charge is -2.18. The van der Waals surface area contributed by atoms with E-state index in [1.165, 1.54) is 0 Å². The van der Waals surface area contributed by atoms with E-state index in [9.17, 15) is 5.11 Å². The van der Waals surface area contributed by atoms with E-state index in [1.54, 1.807) is 6.08 Å². The van der Waals surface area contributed by atoms with Crippen molar-refractivity contribution in [2.75, 3.05) is 13.2 Å². The van der Waals surface area contributed by atoms with E-state index in [-0.39, 0.29) is 6.29 Å². The van der Waals surface area contributed by atoms with Gasteiger partial charge in [-0.05, 0) is 25.8 Å². The van der Waals surface area contributed by atoms with E-state index in [1.807, 2.05) is 38.1 Å². The summed E-state index contributed by atoms with van der Waals surface area (Å²) in [6, 6.07) is 7.65. The van der Waals surface area contributed by atoms with Crippen LogP contribution in [0.2, 0.25) is 0 Å². The van der Waals surface area contributed by atoms with Gasteiger partial charge in [0, 0.05) is 18.8 Å². The van der Waals surface area contributed by atoms with Crippen LogP contribution in [-0.2, 0) is 9.47 Å². The summed E-state index contributed by atoms with van der Waals surface area (Å²) < 4.78 is 11.0. The summed E-state index contributed by atoms with van der Waals surface area (Å²) in [6.45, 7) is 8.70. The number of aliphatic hydroxyl groups is 1. The smallest absolute Gasteiger partial charge is 0.183 e. The molecule has 1 atom stereocenters. The first-order valence-electron chi connectivity index (χ1n) is 6.34. The highest BCUT2D eigenvalue weighted by molar-refractivity contribution is 5.25. The molecule has 18 heavy (non-hydrogen) atoms. The van der Waals surface area contributed by atoms with Gasteiger partial charge in [0.2, 0.25) is 0 Å². The summed E-state index contributed by atoms with van der Waals surface area (Å²) in [5, 5.41) is 9.82. The van der Waals surface area contributed by atoms with Gasteiger partial charge in [0.25, 0.3) is 0 Å². The highest BCUT2D eigenvalue weighted by Crippen LogP contribution is 2.23. The van der Waals surface area contributed by atoms with E-state index in [0.717, 1.165) is 11.1 Å². The Balaban J connectivity index is 2.75. The Hall–Kier alpha value is -1.16. The van der Waals surface area contributed by atoms with Crippen LogP contribution in [0.5, 0.6) is 0 Å². The molecular formula is C15H22O3. The minimum absolute atomic E-state index is 0.328. The molecule has 0 saturated heterocycles. The standard InChI is InChI=1S/C15H22O3/c1-4-7-14(16)12-8-10-13(11-9-12)15(17-5-2)18-6-3/h4,8-11,14-16H,1,5-7H2,2-3H3. The van der Waals surface area contributed by atoms with E-state index in [2.05, 4.69) is 6.58 Å². The summed E-state index contributed by atoms with van der Waals surface area (Å²) in [5.74, 6) is 0. The highest BCUT2D eigenvalue weighted by Gasteiger charge is 2.12. The quantitative estimate of drug-likeness (QED) is 0.568. The van der Waals surface area contributed by atoms with Gasteiger partial charge in [-0.1, -0.05) is 30.3 Å². The third-order valence-corrected chi connectivity index (χ3v) is 2.62. The minimum Gasteiger partial charge on any atom is -0.388 e. The molecule has 0 aliphatic rings. The second kappa shape index (κ2) is 8.03. The second-order valence-corrected chi connectivity index (χ2v) is 3.95. The minimum atomic E-state index is -0.491. The van der Waals surface area contributed by atoms with Gasteiger partial charge in [0.15, 0.2) is 6.29 Å². The van der Waals surface area contributed by atoms with Crippen LogP contribution in [0, 0.1) is 0 Å². The molecule has 0 radical (unpaired) electrons. The third-order valence-electron chi connectivity index (χ3n) is 2.62. The predicted molar refractivity (Wildman–Crippen MR) is 72.2 cm³/mol. The number of benzene rings is 1. The van der Waals surface area contributed by atoms with Gasteiger partial charge in [-0.25, -0.2) is 0 Å². The third kappa shape index (κ3) is 4.26. The summed E-state index contributed by atoms with van der Waals surface area (Å²) in [4.78, 5) is 0. The zero-order valence-corrected chi connectivity index (χ0v) is 11.1. The average Bonchev–Trinajstić information content (AvgIpc) is 2.39. The maximum Gasteiger partial charge on any atom is 0.183 e. The van der Waals surface area contributed by atoms with Crippen LogP contribution >= 0.6 is 0 Å². The molecule has 1 aromatic rings. The molecule has 0 aliphatic carbocycles. The second-order valence-electron chi connectivity index (χ2n) is 3.95. The molecule has 0 heterocycles. The molecule has 0 fully saturated rings. The zero-order chi connectivity index (χ0) is 13.4. The fourth-order valence-corrected chi connectivity index (χ4v) is 1.71. The van der Waals surface area contributed by atoms with E-state index < -0.39 is 6.10 Å². The molecule has 1 N–H and O–H groups in total. The topological polar surface area (TPSA) is 38.7 Å². The molecular weight excluding hydrogens is 228 g/mol. The van der Waals surface area contributed by atoms with Crippen molar-refractivity contribution in [3.8, 4) is 0 Å². The maximum atomic E-state index is 9.82. The van der Waals surface area contributed by atoms with E-state index >= 15 is 0 Å². The van der Waals surface area contributed by atoms with Gasteiger partial charge >= 0.3 is 0 Å². The van der Waals surface area contributed by atoms with Crippen LogP contribution in [-0.4, -0.2) is 18.3 Å². The molecule has 3 nitrogen and oxygen atoms in total. The first kappa shape index (κ1) is 14.9. The Morgan fingerprint density at radius 1 is 1.11 bits per heavy atom. The van der Waals surface area contributed by atoms with Crippen molar-refractivity contribution in [2.45, 2.75) is 32.7 Å². The molecule has 0 spiro atoms. The summed E-state index contributed by atoms with van der Waals surface area (Å²) in [5.41, 5.74) is 1.85. The van der Waals surface area contributed by atoms with Crippen LogP contribution in [0.25, 0.3) is 0 Å². The van der Waals surface area contributed by atoms with Gasteiger partial charge in [-0.3, -0.25) is 0 Å². The molecule has 0 aromatic heterocycles. The Morgan fingerprint density at radius 2 is 1.61 bits per heavy atom. The number of hydrogen-bond acceptors (Lipinski definition) is 3.